The van der Waals surface area contributed by atoms with E-state index >= 15 is 0 Å². The molecular weight excluding hydrogens is 402 g/mol. The molecule has 0 spiro atoms. The minimum atomic E-state index is -0.0347. The highest BCUT2D eigenvalue weighted by atomic mass is 32.1. The fraction of sp³-hybridized carbons (Fsp3) is 0.560. The molecule has 31 heavy (non-hydrogen) atoms. The van der Waals surface area contributed by atoms with E-state index in [-0.39, 0.29) is 6.17 Å². The quantitative estimate of drug-likeness (QED) is 0.742. The molecule has 0 amide bonds. The lowest BCUT2D eigenvalue weighted by Gasteiger charge is -2.34. The number of rotatable bonds is 6. The fourth-order valence-corrected chi connectivity index (χ4v) is 6.65. The molecule has 1 atom stereocenters. The van der Waals surface area contributed by atoms with E-state index in [9.17, 15) is 0 Å². The molecule has 0 radical (unpaired) electrons. The Hall–Kier alpha value is -1.73. The molecule has 2 N–H and O–H groups in total. The van der Waals surface area contributed by atoms with Crippen molar-refractivity contribution in [1.82, 2.24) is 14.7 Å². The van der Waals surface area contributed by atoms with Gasteiger partial charge in [0.05, 0.1) is 6.34 Å². The number of hydrogen-bond acceptors (Lipinski definition) is 6. The van der Waals surface area contributed by atoms with Crippen LogP contribution in [0.4, 0.5) is 5.00 Å². The van der Waals surface area contributed by atoms with Crippen LogP contribution in [0.15, 0.2) is 35.3 Å². The van der Waals surface area contributed by atoms with Gasteiger partial charge in [-0.25, -0.2) is 4.99 Å². The molecule has 0 bridgehead atoms. The second kappa shape index (κ2) is 9.41. The Kier molecular flexibility index (Phi) is 6.41. The van der Waals surface area contributed by atoms with Crippen molar-refractivity contribution >= 4 is 22.7 Å². The SMILES string of the molecule is CN1CCc2c(sc3c2C(N)N(CCCN2CCC(Cc4ccccc4)CC2)C=N3)C1. The van der Waals surface area contributed by atoms with Crippen LogP contribution in [-0.2, 0) is 19.4 Å². The van der Waals surface area contributed by atoms with E-state index < -0.39 is 0 Å². The Labute approximate surface area is 190 Å². The van der Waals surface area contributed by atoms with Crippen molar-refractivity contribution < 1.29 is 0 Å². The molecule has 2 aromatic rings. The Bertz CT molecular complexity index is 900. The van der Waals surface area contributed by atoms with Crippen LogP contribution in [-0.4, -0.2) is 60.8 Å². The average molecular weight is 438 g/mol. The first-order chi connectivity index (χ1) is 15.2. The van der Waals surface area contributed by atoms with Crippen molar-refractivity contribution in [2.45, 2.75) is 44.8 Å². The molecule has 5 nitrogen and oxygen atoms in total. The number of thiophene rings is 1. The van der Waals surface area contributed by atoms with Crippen LogP contribution < -0.4 is 5.73 Å². The molecule has 1 saturated heterocycles. The van der Waals surface area contributed by atoms with Gasteiger partial charge in [-0.15, -0.1) is 11.3 Å². The molecule has 1 aromatic carbocycles. The highest BCUT2D eigenvalue weighted by molar-refractivity contribution is 7.16. The normalized spacial score (nSPS) is 22.5. The maximum absolute atomic E-state index is 6.72. The van der Waals surface area contributed by atoms with Gasteiger partial charge in [-0.05, 0) is 75.8 Å². The third-order valence-corrected chi connectivity index (χ3v) is 8.35. The highest BCUT2D eigenvalue weighted by Gasteiger charge is 2.30. The van der Waals surface area contributed by atoms with Crippen LogP contribution in [0.2, 0.25) is 0 Å². The zero-order valence-corrected chi connectivity index (χ0v) is 19.5. The lowest BCUT2D eigenvalue weighted by Crippen LogP contribution is -2.39. The van der Waals surface area contributed by atoms with E-state index in [4.69, 9.17) is 10.7 Å². The predicted molar refractivity (Wildman–Crippen MR) is 130 cm³/mol. The standard InChI is InChI=1S/C25H35N5S/c1-28-13-10-21-22(17-28)31-25-23(21)24(26)30(18-27-25)12-5-11-29-14-8-20(9-15-29)16-19-6-3-2-4-7-19/h2-4,6-7,18,20,24H,5,8-17,26H2,1H3. The molecule has 166 valence electrons. The number of hydrogen-bond donors (Lipinski definition) is 1. The lowest BCUT2D eigenvalue weighted by molar-refractivity contribution is 0.175. The van der Waals surface area contributed by atoms with Crippen molar-refractivity contribution in [3.63, 3.8) is 0 Å². The van der Waals surface area contributed by atoms with Crippen LogP contribution in [0.25, 0.3) is 0 Å². The number of likely N-dealkylation sites (tertiary alicyclic amines) is 1. The molecule has 1 fully saturated rings. The van der Waals surface area contributed by atoms with Crippen molar-refractivity contribution in [2.75, 3.05) is 39.8 Å². The minimum Gasteiger partial charge on any atom is -0.343 e. The molecular formula is C25H35N5S. The van der Waals surface area contributed by atoms with Crippen LogP contribution in [0.5, 0.6) is 0 Å². The third-order valence-electron chi connectivity index (χ3n) is 7.21. The number of piperidine rings is 1. The number of nitrogens with two attached hydrogens (primary N) is 1. The van der Waals surface area contributed by atoms with Gasteiger partial charge in [0.15, 0.2) is 0 Å². The van der Waals surface area contributed by atoms with Crippen molar-refractivity contribution in [2.24, 2.45) is 16.6 Å². The summed E-state index contributed by atoms with van der Waals surface area (Å²) in [7, 11) is 2.20. The summed E-state index contributed by atoms with van der Waals surface area (Å²) in [4.78, 5) is 13.5. The van der Waals surface area contributed by atoms with Gasteiger partial charge in [0.25, 0.3) is 0 Å². The summed E-state index contributed by atoms with van der Waals surface area (Å²) in [6, 6.07) is 11.0. The summed E-state index contributed by atoms with van der Waals surface area (Å²) in [6.07, 6.45) is 8.08. The van der Waals surface area contributed by atoms with Crippen LogP contribution >= 0.6 is 11.3 Å². The second-order valence-corrected chi connectivity index (χ2v) is 10.5. The highest BCUT2D eigenvalue weighted by Crippen LogP contribution is 2.43. The van der Waals surface area contributed by atoms with Gasteiger partial charge in [-0.1, -0.05) is 30.3 Å². The third kappa shape index (κ3) is 4.72. The van der Waals surface area contributed by atoms with Crippen molar-refractivity contribution in [3.8, 4) is 0 Å². The first kappa shape index (κ1) is 21.1. The number of fused-ring (bicyclic) bond motifs is 3. The Morgan fingerprint density at radius 3 is 2.71 bits per heavy atom. The zero-order valence-electron chi connectivity index (χ0n) is 18.7. The number of likely N-dealkylation sites (N-methyl/N-ethyl adjacent to an activating group) is 1. The van der Waals surface area contributed by atoms with E-state index in [0.717, 1.165) is 49.9 Å². The van der Waals surface area contributed by atoms with Gasteiger partial charge < -0.3 is 20.4 Å². The fourth-order valence-electron chi connectivity index (χ4n) is 5.34. The summed E-state index contributed by atoms with van der Waals surface area (Å²) in [5, 5.41) is 1.14. The second-order valence-electron chi connectivity index (χ2n) is 9.47. The summed E-state index contributed by atoms with van der Waals surface area (Å²) in [5.41, 5.74) is 11.0. The smallest absolute Gasteiger partial charge is 0.124 e. The monoisotopic (exact) mass is 437 g/mol. The number of nitrogens with zero attached hydrogens (tertiary/aromatic N) is 4. The van der Waals surface area contributed by atoms with E-state index in [2.05, 4.69) is 52.1 Å². The molecule has 4 heterocycles. The first-order valence-electron chi connectivity index (χ1n) is 11.8. The van der Waals surface area contributed by atoms with Crippen molar-refractivity contribution in [1.29, 1.82) is 0 Å². The molecule has 1 aromatic heterocycles. The lowest BCUT2D eigenvalue weighted by atomic mass is 9.90. The van der Waals surface area contributed by atoms with E-state index in [1.165, 1.54) is 53.9 Å². The summed E-state index contributed by atoms with van der Waals surface area (Å²) >= 11 is 1.84. The number of aliphatic imine (C=N–C) groups is 1. The number of benzene rings is 1. The van der Waals surface area contributed by atoms with Gasteiger partial charge in [-0.2, -0.15) is 0 Å². The Balaban J connectivity index is 1.09. The Morgan fingerprint density at radius 2 is 1.90 bits per heavy atom. The van der Waals surface area contributed by atoms with Crippen molar-refractivity contribution in [3.05, 3.63) is 51.9 Å². The van der Waals surface area contributed by atoms with Crippen LogP contribution in [0.3, 0.4) is 0 Å². The molecule has 0 aliphatic carbocycles. The predicted octanol–water partition coefficient (Wildman–Crippen LogP) is 4.01. The molecule has 3 aliphatic heterocycles. The van der Waals surface area contributed by atoms with E-state index in [0.29, 0.717) is 0 Å². The summed E-state index contributed by atoms with van der Waals surface area (Å²) in [5.74, 6) is 0.837. The van der Waals surface area contributed by atoms with Gasteiger partial charge in [0, 0.05) is 30.1 Å². The van der Waals surface area contributed by atoms with Gasteiger partial charge in [0.1, 0.15) is 11.2 Å². The van der Waals surface area contributed by atoms with E-state index in [1.807, 2.05) is 17.7 Å². The van der Waals surface area contributed by atoms with E-state index in [1.54, 1.807) is 0 Å². The maximum Gasteiger partial charge on any atom is 0.124 e. The maximum atomic E-state index is 6.72. The van der Waals surface area contributed by atoms with Crippen LogP contribution in [0.1, 0.15) is 47.0 Å². The molecule has 6 heteroatoms. The topological polar surface area (TPSA) is 48.1 Å². The molecule has 1 unspecified atom stereocenters. The molecule has 3 aliphatic rings. The molecule has 5 rings (SSSR count). The first-order valence-corrected chi connectivity index (χ1v) is 12.6. The Morgan fingerprint density at radius 1 is 1.10 bits per heavy atom. The van der Waals surface area contributed by atoms with Gasteiger partial charge in [0.2, 0.25) is 0 Å². The molecule has 0 saturated carbocycles. The summed E-state index contributed by atoms with van der Waals surface area (Å²) in [6.45, 7) is 6.76. The zero-order chi connectivity index (χ0) is 21.2. The minimum absolute atomic E-state index is 0.0347. The van der Waals surface area contributed by atoms with Crippen LogP contribution in [0, 0.1) is 5.92 Å². The van der Waals surface area contributed by atoms with Gasteiger partial charge >= 0.3 is 0 Å². The van der Waals surface area contributed by atoms with Gasteiger partial charge in [-0.3, -0.25) is 0 Å². The average Bonchev–Trinajstić information content (AvgIpc) is 3.15. The summed E-state index contributed by atoms with van der Waals surface area (Å²) < 4.78 is 0. The largest absolute Gasteiger partial charge is 0.343 e.